The van der Waals surface area contributed by atoms with Crippen LogP contribution in [0.15, 0.2) is 29.5 Å². The summed E-state index contributed by atoms with van der Waals surface area (Å²) in [6.07, 6.45) is 6.02. The second-order valence-electron chi connectivity index (χ2n) is 4.92. The van der Waals surface area contributed by atoms with Gasteiger partial charge in [0.25, 0.3) is 5.56 Å². The van der Waals surface area contributed by atoms with Crippen LogP contribution in [-0.4, -0.2) is 40.4 Å². The Morgan fingerprint density at radius 3 is 2.62 bits per heavy atom. The lowest BCUT2D eigenvalue weighted by Gasteiger charge is -2.12. The Labute approximate surface area is 123 Å². The lowest BCUT2D eigenvalue weighted by atomic mass is 10.4. The Morgan fingerprint density at radius 1 is 1.24 bits per heavy atom. The van der Waals surface area contributed by atoms with E-state index in [0.717, 1.165) is 24.5 Å². The highest BCUT2D eigenvalue weighted by atomic mass is 16.1. The lowest BCUT2D eigenvalue weighted by molar-refractivity contribution is 0.625. The molecule has 0 radical (unpaired) electrons. The molecule has 2 rings (SSSR count). The summed E-state index contributed by atoms with van der Waals surface area (Å²) in [4.78, 5) is 22.4. The minimum Gasteiger partial charge on any atom is -0.376 e. The molecule has 21 heavy (non-hydrogen) atoms. The molecular weight excluding hydrogens is 268 g/mol. The predicted molar refractivity (Wildman–Crippen MR) is 82.7 cm³/mol. The van der Waals surface area contributed by atoms with Gasteiger partial charge in [-0.3, -0.25) is 9.78 Å². The number of hydrogen-bond acceptors (Lipinski definition) is 6. The molecule has 0 unspecified atom stereocenters. The van der Waals surface area contributed by atoms with Crippen LogP contribution in [0.4, 0.5) is 11.5 Å². The average molecular weight is 288 g/mol. The van der Waals surface area contributed by atoms with Crippen molar-refractivity contribution in [2.75, 3.05) is 30.9 Å². The Kier molecular flexibility index (Phi) is 4.86. The quantitative estimate of drug-likeness (QED) is 0.853. The fourth-order valence-corrected chi connectivity index (χ4v) is 1.72. The third-order valence-electron chi connectivity index (χ3n) is 2.94. The van der Waals surface area contributed by atoms with Gasteiger partial charge in [0.15, 0.2) is 0 Å². The Hall–Kier alpha value is -2.44. The highest BCUT2D eigenvalue weighted by molar-refractivity contribution is 5.40. The van der Waals surface area contributed by atoms with E-state index in [1.165, 1.54) is 4.68 Å². The van der Waals surface area contributed by atoms with Gasteiger partial charge < -0.3 is 10.2 Å². The van der Waals surface area contributed by atoms with Crippen LogP contribution in [0.3, 0.4) is 0 Å². The second-order valence-corrected chi connectivity index (χ2v) is 4.92. The first-order chi connectivity index (χ1) is 10.1. The summed E-state index contributed by atoms with van der Waals surface area (Å²) in [6.45, 7) is 3.26. The molecule has 2 aromatic heterocycles. The lowest BCUT2D eigenvalue weighted by Crippen LogP contribution is -2.25. The number of hydrogen-bond donors (Lipinski definition) is 1. The first-order valence-electron chi connectivity index (χ1n) is 6.89. The summed E-state index contributed by atoms with van der Waals surface area (Å²) < 4.78 is 1.37. The smallest absolute Gasteiger partial charge is 0.269 e. The molecule has 0 aliphatic heterocycles. The van der Waals surface area contributed by atoms with Crippen LogP contribution in [0.5, 0.6) is 0 Å². The van der Waals surface area contributed by atoms with E-state index >= 15 is 0 Å². The van der Waals surface area contributed by atoms with Gasteiger partial charge in [0.1, 0.15) is 5.82 Å². The number of anilines is 2. The van der Waals surface area contributed by atoms with Crippen molar-refractivity contribution < 1.29 is 0 Å². The highest BCUT2D eigenvalue weighted by Gasteiger charge is 2.04. The Bertz CT molecular complexity index is 635. The maximum atomic E-state index is 12.0. The van der Waals surface area contributed by atoms with E-state index in [1.54, 1.807) is 24.7 Å². The van der Waals surface area contributed by atoms with Crippen molar-refractivity contribution >= 4 is 11.5 Å². The molecule has 7 nitrogen and oxygen atoms in total. The Morgan fingerprint density at radius 2 is 2.05 bits per heavy atom. The molecule has 1 N–H and O–H groups in total. The van der Waals surface area contributed by atoms with Crippen LogP contribution >= 0.6 is 0 Å². The van der Waals surface area contributed by atoms with Crippen LogP contribution in [0, 0.1) is 0 Å². The van der Waals surface area contributed by atoms with Gasteiger partial charge in [-0.15, -0.1) is 0 Å². The monoisotopic (exact) mass is 288 g/mol. The third-order valence-corrected chi connectivity index (χ3v) is 2.94. The molecule has 0 amide bonds. The van der Waals surface area contributed by atoms with Crippen molar-refractivity contribution in [2.45, 2.75) is 19.9 Å². The third kappa shape index (κ3) is 4.01. The largest absolute Gasteiger partial charge is 0.376 e. The van der Waals surface area contributed by atoms with Crippen LogP contribution in [-0.2, 0) is 6.54 Å². The predicted octanol–water partition coefficient (Wildman–Crippen LogP) is 0.969. The van der Waals surface area contributed by atoms with E-state index in [2.05, 4.69) is 27.3 Å². The SMILES string of the molecule is CCCNc1cnc(Cn2ncc(N(C)C)cc2=O)cn1. The molecule has 2 heterocycles. The zero-order valence-corrected chi connectivity index (χ0v) is 12.6. The van der Waals surface area contributed by atoms with Crippen molar-refractivity contribution in [1.29, 1.82) is 0 Å². The molecule has 2 aromatic rings. The standard InChI is InChI=1S/C14H20N6O/c1-4-5-15-13-9-16-11(7-17-13)10-20-14(21)6-12(8-18-20)19(2)3/h6-9H,4-5,10H2,1-3H3,(H,15,17). The zero-order chi connectivity index (χ0) is 15.2. The van der Waals surface area contributed by atoms with Gasteiger partial charge in [-0.05, 0) is 6.42 Å². The average Bonchev–Trinajstić information content (AvgIpc) is 2.48. The van der Waals surface area contributed by atoms with Crippen molar-refractivity contribution in [3.63, 3.8) is 0 Å². The fourth-order valence-electron chi connectivity index (χ4n) is 1.72. The molecule has 0 aromatic carbocycles. The zero-order valence-electron chi connectivity index (χ0n) is 12.6. The number of nitrogens with one attached hydrogen (secondary N) is 1. The van der Waals surface area contributed by atoms with Gasteiger partial charge in [-0.25, -0.2) is 9.67 Å². The highest BCUT2D eigenvalue weighted by Crippen LogP contribution is 2.05. The molecular formula is C14H20N6O. The van der Waals surface area contributed by atoms with Crippen LogP contribution in [0.25, 0.3) is 0 Å². The van der Waals surface area contributed by atoms with Crippen LogP contribution in [0.1, 0.15) is 19.0 Å². The number of nitrogens with zero attached hydrogens (tertiary/aromatic N) is 5. The van der Waals surface area contributed by atoms with Crippen LogP contribution < -0.4 is 15.8 Å². The topological polar surface area (TPSA) is 75.9 Å². The van der Waals surface area contributed by atoms with Gasteiger partial charge in [-0.2, -0.15) is 5.10 Å². The molecule has 0 aliphatic carbocycles. The minimum absolute atomic E-state index is 0.156. The van der Waals surface area contributed by atoms with E-state index in [9.17, 15) is 4.79 Å². The minimum atomic E-state index is -0.156. The van der Waals surface area contributed by atoms with E-state index < -0.39 is 0 Å². The first kappa shape index (κ1) is 15.0. The van der Waals surface area contributed by atoms with E-state index in [4.69, 9.17) is 0 Å². The van der Waals surface area contributed by atoms with Gasteiger partial charge in [0.05, 0.1) is 36.5 Å². The summed E-state index contributed by atoms with van der Waals surface area (Å²) >= 11 is 0. The van der Waals surface area contributed by atoms with E-state index in [0.29, 0.717) is 12.2 Å². The summed E-state index contributed by atoms with van der Waals surface area (Å²) in [7, 11) is 3.74. The summed E-state index contributed by atoms with van der Waals surface area (Å²) in [5, 5.41) is 7.30. The van der Waals surface area contributed by atoms with Gasteiger partial charge in [-0.1, -0.05) is 6.92 Å². The molecule has 0 spiro atoms. The normalized spacial score (nSPS) is 10.4. The number of rotatable bonds is 6. The molecule has 0 atom stereocenters. The summed E-state index contributed by atoms with van der Waals surface area (Å²) in [5.74, 6) is 0.740. The van der Waals surface area contributed by atoms with Crippen molar-refractivity contribution in [1.82, 2.24) is 19.7 Å². The van der Waals surface area contributed by atoms with Crippen LogP contribution in [0.2, 0.25) is 0 Å². The van der Waals surface area contributed by atoms with E-state index in [-0.39, 0.29) is 5.56 Å². The van der Waals surface area contributed by atoms with Crippen molar-refractivity contribution in [3.05, 3.63) is 40.7 Å². The molecule has 0 bridgehead atoms. The maximum absolute atomic E-state index is 12.0. The first-order valence-corrected chi connectivity index (χ1v) is 6.89. The number of aromatic nitrogens is 4. The summed E-state index contributed by atoms with van der Waals surface area (Å²) in [5.41, 5.74) is 1.32. The van der Waals surface area contributed by atoms with Gasteiger partial charge in [0.2, 0.25) is 0 Å². The molecule has 7 heteroatoms. The van der Waals surface area contributed by atoms with Gasteiger partial charge >= 0.3 is 0 Å². The maximum Gasteiger partial charge on any atom is 0.269 e. The molecule has 0 saturated carbocycles. The van der Waals surface area contributed by atoms with E-state index in [1.807, 2.05) is 19.0 Å². The molecule has 0 fully saturated rings. The second kappa shape index (κ2) is 6.83. The molecule has 0 saturated heterocycles. The van der Waals surface area contributed by atoms with Crippen molar-refractivity contribution in [3.8, 4) is 0 Å². The molecule has 0 aliphatic rings. The summed E-state index contributed by atoms with van der Waals surface area (Å²) in [6, 6.07) is 1.55. The van der Waals surface area contributed by atoms with Crippen molar-refractivity contribution in [2.24, 2.45) is 0 Å². The molecule has 112 valence electrons. The fraction of sp³-hybridized carbons (Fsp3) is 0.429. The Balaban J connectivity index is 2.09. The van der Waals surface area contributed by atoms with Gasteiger partial charge in [0, 0.05) is 26.7 Å².